The third-order valence-corrected chi connectivity index (χ3v) is 6.75. The summed E-state index contributed by atoms with van der Waals surface area (Å²) < 4.78 is 27.8. The van der Waals surface area contributed by atoms with Gasteiger partial charge in [0.1, 0.15) is 48.1 Å². The van der Waals surface area contributed by atoms with Gasteiger partial charge in [-0.3, -0.25) is 0 Å². The van der Waals surface area contributed by atoms with Gasteiger partial charge in [0.15, 0.2) is 5.82 Å². The van der Waals surface area contributed by atoms with Crippen LogP contribution in [-0.4, -0.2) is 67.8 Å². The fourth-order valence-corrected chi connectivity index (χ4v) is 4.61. The quantitative estimate of drug-likeness (QED) is 0.188. The van der Waals surface area contributed by atoms with E-state index in [1.807, 2.05) is 60.8 Å². The van der Waals surface area contributed by atoms with E-state index < -0.39 is 0 Å². The highest BCUT2D eigenvalue weighted by Crippen LogP contribution is 2.33. The molecule has 0 fully saturated rings. The van der Waals surface area contributed by atoms with Gasteiger partial charge in [0.2, 0.25) is 0 Å². The third kappa shape index (κ3) is 6.15. The highest BCUT2D eigenvalue weighted by molar-refractivity contribution is 5.80. The second kappa shape index (κ2) is 12.1. The van der Waals surface area contributed by atoms with Gasteiger partial charge in [-0.1, -0.05) is 6.08 Å². The zero-order chi connectivity index (χ0) is 28.0. The Morgan fingerprint density at radius 2 is 1.59 bits per heavy atom. The van der Waals surface area contributed by atoms with Crippen molar-refractivity contribution in [2.24, 2.45) is 0 Å². The number of aromatic amines is 1. The number of H-pyrrole nitrogens is 1. The van der Waals surface area contributed by atoms with Gasteiger partial charge < -0.3 is 44.6 Å². The second-order valence-corrected chi connectivity index (χ2v) is 9.43. The van der Waals surface area contributed by atoms with Crippen molar-refractivity contribution >= 4 is 22.4 Å². The lowest BCUT2D eigenvalue weighted by Crippen LogP contribution is -2.44. The number of allylic oxidation sites excluding steroid dienone is 1. The Kier molecular flexibility index (Phi) is 7.76. The fraction of sp³-hybridized carbons (Fsp3) is 0.267. The molecule has 2 atom stereocenters. The van der Waals surface area contributed by atoms with Crippen LogP contribution in [0.4, 0.5) is 11.4 Å². The van der Waals surface area contributed by atoms with E-state index in [1.54, 1.807) is 20.4 Å². The summed E-state index contributed by atoms with van der Waals surface area (Å²) in [6.45, 7) is 1.74. The van der Waals surface area contributed by atoms with Gasteiger partial charge in [0.05, 0.1) is 62.1 Å². The number of benzene rings is 2. The summed E-state index contributed by atoms with van der Waals surface area (Å²) in [5.41, 5.74) is 4.55. The van der Waals surface area contributed by atoms with Crippen LogP contribution in [0.2, 0.25) is 0 Å². The summed E-state index contributed by atoms with van der Waals surface area (Å²) >= 11 is 0. The number of nitrogens with zero attached hydrogens (tertiary/aromatic N) is 2. The monoisotopic (exact) mass is 556 g/mol. The molecule has 2 unspecified atom stereocenters. The Bertz CT molecular complexity index is 1550. The van der Waals surface area contributed by atoms with Crippen LogP contribution in [0.15, 0.2) is 78.8 Å². The molecule has 6 rings (SSSR count). The minimum Gasteiger partial charge on any atom is -0.497 e. The van der Waals surface area contributed by atoms with Gasteiger partial charge in [0.25, 0.3) is 0 Å². The van der Waals surface area contributed by atoms with Crippen LogP contribution < -0.4 is 30.2 Å². The molecule has 11 heteroatoms. The third-order valence-electron chi connectivity index (χ3n) is 6.75. The number of dihydropyridines is 1. The summed E-state index contributed by atoms with van der Waals surface area (Å²) in [4.78, 5) is 12.3. The topological polar surface area (TPSA) is 124 Å². The maximum Gasteiger partial charge on any atom is 0.157 e. The van der Waals surface area contributed by atoms with Crippen molar-refractivity contribution in [2.45, 2.75) is 12.2 Å². The van der Waals surface area contributed by atoms with Crippen LogP contribution in [0.3, 0.4) is 0 Å². The average Bonchev–Trinajstić information content (AvgIpc) is 3.65. The van der Waals surface area contributed by atoms with Gasteiger partial charge in [0, 0.05) is 18.3 Å². The van der Waals surface area contributed by atoms with Crippen LogP contribution >= 0.6 is 0 Å². The lowest BCUT2D eigenvalue weighted by molar-refractivity contribution is 0.0601. The standard InChI is InChI=1S/C30H32N6O5/c1-37-19-3-7-23-27(15-19)35-29(33-23)25-9-5-21(17-31-25)40-13-11-39-12-14-41-22-6-10-26(32-18-22)30-34-24-8-4-20(38-2)16-28(24)36-30/h3-10,15-18,25,29,31,33,35H,11-14H2,1-2H3,(H,34,36). The van der Waals surface area contributed by atoms with E-state index in [0.29, 0.717) is 38.0 Å². The molecule has 2 aromatic heterocycles. The van der Waals surface area contributed by atoms with Gasteiger partial charge >= 0.3 is 0 Å². The number of ether oxygens (including phenoxy) is 5. The molecule has 212 valence electrons. The van der Waals surface area contributed by atoms with Crippen molar-refractivity contribution in [1.82, 2.24) is 20.3 Å². The van der Waals surface area contributed by atoms with E-state index in [2.05, 4.69) is 37.0 Å². The van der Waals surface area contributed by atoms with Gasteiger partial charge in [-0.15, -0.1) is 0 Å². The number of fused-ring (bicyclic) bond motifs is 2. The number of hydrogen-bond acceptors (Lipinski definition) is 10. The molecule has 4 N–H and O–H groups in total. The van der Waals surface area contributed by atoms with E-state index in [1.165, 1.54) is 0 Å². The summed E-state index contributed by atoms with van der Waals surface area (Å²) in [5, 5.41) is 10.3. The molecule has 0 spiro atoms. The van der Waals surface area contributed by atoms with E-state index in [4.69, 9.17) is 23.7 Å². The first-order chi connectivity index (χ1) is 20.2. The number of hydrogen-bond donors (Lipinski definition) is 4. The first kappa shape index (κ1) is 26.3. The number of imidazole rings is 1. The molecule has 0 bridgehead atoms. The molecule has 0 radical (unpaired) electrons. The van der Waals surface area contributed by atoms with Crippen molar-refractivity contribution in [2.75, 3.05) is 51.3 Å². The minimum atomic E-state index is 0.0239. The summed E-state index contributed by atoms with van der Waals surface area (Å²) in [5.74, 6) is 3.71. The number of anilines is 2. The van der Waals surface area contributed by atoms with Crippen molar-refractivity contribution in [3.8, 4) is 28.8 Å². The number of rotatable bonds is 12. The van der Waals surface area contributed by atoms with E-state index in [-0.39, 0.29) is 12.2 Å². The van der Waals surface area contributed by atoms with Crippen molar-refractivity contribution < 1.29 is 23.7 Å². The van der Waals surface area contributed by atoms with E-state index >= 15 is 0 Å². The summed E-state index contributed by atoms with van der Waals surface area (Å²) in [6, 6.07) is 15.5. The van der Waals surface area contributed by atoms with E-state index in [0.717, 1.165) is 45.4 Å². The van der Waals surface area contributed by atoms with Crippen LogP contribution in [0.1, 0.15) is 0 Å². The molecule has 2 aliphatic heterocycles. The zero-order valence-electron chi connectivity index (χ0n) is 22.8. The highest BCUT2D eigenvalue weighted by atomic mass is 16.5. The maximum atomic E-state index is 5.80. The molecule has 4 heterocycles. The Morgan fingerprint density at radius 1 is 0.805 bits per heavy atom. The average molecular weight is 557 g/mol. The molecule has 2 aliphatic rings. The SMILES string of the molecule is COc1ccc2c(c1)NC(C1C=CC(OCCOCCOc3ccc(-c4nc5ccc(OC)cc5[nH]4)nc3)=CN1)N2. The Labute approximate surface area is 237 Å². The zero-order valence-corrected chi connectivity index (χ0v) is 22.8. The number of aromatic nitrogens is 3. The van der Waals surface area contributed by atoms with Gasteiger partial charge in [-0.25, -0.2) is 9.97 Å². The Hall–Kier alpha value is -4.90. The van der Waals surface area contributed by atoms with Crippen LogP contribution in [0, 0.1) is 0 Å². The van der Waals surface area contributed by atoms with Crippen LogP contribution in [0.25, 0.3) is 22.6 Å². The largest absolute Gasteiger partial charge is 0.497 e. The van der Waals surface area contributed by atoms with Crippen molar-refractivity contribution in [3.05, 3.63) is 78.8 Å². The smallest absolute Gasteiger partial charge is 0.157 e. The lowest BCUT2D eigenvalue weighted by Gasteiger charge is -2.25. The molecule has 0 saturated heterocycles. The molecule has 41 heavy (non-hydrogen) atoms. The fourth-order valence-electron chi connectivity index (χ4n) is 4.61. The first-order valence-electron chi connectivity index (χ1n) is 13.4. The van der Waals surface area contributed by atoms with E-state index in [9.17, 15) is 0 Å². The lowest BCUT2D eigenvalue weighted by atomic mass is 10.1. The predicted octanol–water partition coefficient (Wildman–Crippen LogP) is 4.29. The molecule has 0 amide bonds. The first-order valence-corrected chi connectivity index (χ1v) is 13.4. The van der Waals surface area contributed by atoms with Crippen LogP contribution in [-0.2, 0) is 9.47 Å². The number of nitrogens with one attached hydrogen (secondary N) is 4. The Balaban J connectivity index is 0.868. The van der Waals surface area contributed by atoms with Gasteiger partial charge in [-0.2, -0.15) is 0 Å². The molecule has 11 nitrogen and oxygen atoms in total. The molecule has 4 aromatic rings. The molecule has 0 saturated carbocycles. The minimum absolute atomic E-state index is 0.0239. The maximum absolute atomic E-state index is 5.80. The summed E-state index contributed by atoms with van der Waals surface area (Å²) in [7, 11) is 3.31. The normalized spacial score (nSPS) is 17.2. The number of pyridine rings is 1. The van der Waals surface area contributed by atoms with Crippen molar-refractivity contribution in [3.63, 3.8) is 0 Å². The number of methoxy groups -OCH3 is 2. The van der Waals surface area contributed by atoms with Crippen LogP contribution in [0.5, 0.6) is 17.2 Å². The Morgan fingerprint density at radius 3 is 2.37 bits per heavy atom. The highest BCUT2D eigenvalue weighted by Gasteiger charge is 2.27. The molecular formula is C30H32N6O5. The predicted molar refractivity (Wildman–Crippen MR) is 156 cm³/mol. The van der Waals surface area contributed by atoms with Crippen molar-refractivity contribution in [1.29, 1.82) is 0 Å². The molecular weight excluding hydrogens is 524 g/mol. The molecule has 2 aromatic carbocycles. The second-order valence-electron chi connectivity index (χ2n) is 9.43. The summed E-state index contributed by atoms with van der Waals surface area (Å²) in [6.07, 6.45) is 7.62. The molecule has 0 aliphatic carbocycles. The van der Waals surface area contributed by atoms with Gasteiger partial charge in [-0.05, 0) is 42.5 Å².